The van der Waals surface area contributed by atoms with Crippen molar-refractivity contribution in [2.24, 2.45) is 0 Å². The summed E-state index contributed by atoms with van der Waals surface area (Å²) in [5.41, 5.74) is 2.30. The van der Waals surface area contributed by atoms with Crippen molar-refractivity contribution in [3.05, 3.63) is 68.1 Å². The molecule has 1 N–H and O–H groups in total. The van der Waals surface area contributed by atoms with Crippen LogP contribution in [0.1, 0.15) is 24.1 Å². The van der Waals surface area contributed by atoms with Gasteiger partial charge in [0.2, 0.25) is 0 Å². The Morgan fingerprint density at radius 1 is 1.11 bits per heavy atom. The van der Waals surface area contributed by atoms with Crippen LogP contribution in [0.2, 0.25) is 10.0 Å². The van der Waals surface area contributed by atoms with Crippen LogP contribution >= 0.6 is 39.1 Å². The molecule has 0 aromatic heterocycles. The van der Waals surface area contributed by atoms with Crippen LogP contribution in [0.4, 0.5) is 0 Å². The molecule has 1 atom stereocenters. The van der Waals surface area contributed by atoms with Crippen molar-refractivity contribution < 1.29 is 0 Å². The minimum absolute atomic E-state index is 0.109. The Kier molecular flexibility index (Phi) is 5.28. The van der Waals surface area contributed by atoms with E-state index in [0.29, 0.717) is 5.02 Å². The van der Waals surface area contributed by atoms with Crippen molar-refractivity contribution in [1.82, 2.24) is 5.32 Å². The molecule has 0 radical (unpaired) electrons. The van der Waals surface area contributed by atoms with Crippen LogP contribution in [0.15, 0.2) is 46.9 Å². The monoisotopic (exact) mass is 357 g/mol. The number of hydrogen-bond acceptors (Lipinski definition) is 1. The summed E-state index contributed by atoms with van der Waals surface area (Å²) in [4.78, 5) is 0. The van der Waals surface area contributed by atoms with Crippen LogP contribution in [-0.4, -0.2) is 6.54 Å². The van der Waals surface area contributed by atoms with Gasteiger partial charge in [0.25, 0.3) is 0 Å². The number of halogens is 3. The highest BCUT2D eigenvalue weighted by Gasteiger charge is 2.14. The van der Waals surface area contributed by atoms with Crippen LogP contribution < -0.4 is 5.32 Å². The van der Waals surface area contributed by atoms with Gasteiger partial charge in [0.05, 0.1) is 11.1 Å². The number of benzene rings is 2. The molecule has 0 aliphatic heterocycles. The van der Waals surface area contributed by atoms with Crippen LogP contribution in [0, 0.1) is 0 Å². The maximum absolute atomic E-state index is 6.07. The molecular weight excluding hydrogens is 345 g/mol. The van der Waals surface area contributed by atoms with Crippen molar-refractivity contribution in [2.75, 3.05) is 6.54 Å². The summed E-state index contributed by atoms with van der Waals surface area (Å²) < 4.78 is 0.900. The lowest BCUT2D eigenvalue weighted by molar-refractivity contribution is 0.630. The zero-order valence-electron chi connectivity index (χ0n) is 10.5. The normalized spacial score (nSPS) is 12.4. The molecule has 19 heavy (non-hydrogen) atoms. The first-order valence-electron chi connectivity index (χ1n) is 6.05. The number of nitrogens with one attached hydrogen (secondary N) is 1. The topological polar surface area (TPSA) is 12.0 Å². The molecule has 0 amide bonds. The lowest BCUT2D eigenvalue weighted by Crippen LogP contribution is -2.21. The number of hydrogen-bond donors (Lipinski definition) is 1. The zero-order valence-corrected chi connectivity index (χ0v) is 13.6. The van der Waals surface area contributed by atoms with Crippen molar-refractivity contribution >= 4 is 39.1 Å². The predicted molar refractivity (Wildman–Crippen MR) is 86.1 cm³/mol. The van der Waals surface area contributed by atoms with E-state index >= 15 is 0 Å². The fourth-order valence-corrected chi connectivity index (χ4v) is 2.72. The molecule has 2 aromatic rings. The van der Waals surface area contributed by atoms with E-state index in [2.05, 4.69) is 34.2 Å². The molecule has 0 aliphatic rings. The summed E-state index contributed by atoms with van der Waals surface area (Å²) in [5, 5.41) is 4.92. The molecule has 0 aliphatic carbocycles. The summed E-state index contributed by atoms with van der Waals surface area (Å²) in [6, 6.07) is 14.0. The van der Waals surface area contributed by atoms with Gasteiger partial charge in [-0.25, -0.2) is 0 Å². The highest BCUT2D eigenvalue weighted by molar-refractivity contribution is 9.10. The summed E-state index contributed by atoms with van der Waals surface area (Å²) in [6.07, 6.45) is 0. The zero-order chi connectivity index (χ0) is 13.8. The molecule has 2 rings (SSSR count). The molecule has 0 spiro atoms. The molecule has 0 heterocycles. The molecule has 1 unspecified atom stereocenters. The highest BCUT2D eigenvalue weighted by Crippen LogP contribution is 2.30. The van der Waals surface area contributed by atoms with Gasteiger partial charge in [-0.3, -0.25) is 0 Å². The molecule has 4 heteroatoms. The highest BCUT2D eigenvalue weighted by atomic mass is 79.9. The van der Waals surface area contributed by atoms with E-state index in [4.69, 9.17) is 23.2 Å². The van der Waals surface area contributed by atoms with Gasteiger partial charge in [0.1, 0.15) is 0 Å². The maximum Gasteiger partial charge on any atom is 0.0577 e. The SMILES string of the molecule is CCNC(c1cccc(Cl)c1)c1ccc(Cl)c(Br)c1. The van der Waals surface area contributed by atoms with Crippen molar-refractivity contribution in [1.29, 1.82) is 0 Å². The molecule has 0 saturated carbocycles. The minimum Gasteiger partial charge on any atom is -0.307 e. The maximum atomic E-state index is 6.07. The Bertz CT molecular complexity index is 572. The fraction of sp³-hybridized carbons (Fsp3) is 0.200. The lowest BCUT2D eigenvalue weighted by Gasteiger charge is -2.19. The second kappa shape index (κ2) is 6.76. The second-order valence-electron chi connectivity index (χ2n) is 4.22. The second-order valence-corrected chi connectivity index (χ2v) is 5.92. The van der Waals surface area contributed by atoms with E-state index in [1.165, 1.54) is 0 Å². The third-order valence-corrected chi connectivity index (χ3v) is 4.32. The predicted octanol–water partition coefficient (Wildman–Crippen LogP) is 5.45. The number of rotatable bonds is 4. The first kappa shape index (κ1) is 14.9. The Balaban J connectivity index is 2.42. The van der Waals surface area contributed by atoms with Crippen LogP contribution in [-0.2, 0) is 0 Å². The van der Waals surface area contributed by atoms with Crippen LogP contribution in [0.5, 0.6) is 0 Å². The Morgan fingerprint density at radius 3 is 2.47 bits per heavy atom. The van der Waals surface area contributed by atoms with Crippen molar-refractivity contribution in [3.63, 3.8) is 0 Å². The van der Waals surface area contributed by atoms with E-state index in [-0.39, 0.29) is 6.04 Å². The summed E-state index contributed by atoms with van der Waals surface area (Å²) >= 11 is 15.6. The van der Waals surface area contributed by atoms with Crippen LogP contribution in [0.25, 0.3) is 0 Å². The first-order chi connectivity index (χ1) is 9.11. The standard InChI is InChI=1S/C15H14BrCl2N/c1-2-19-15(10-4-3-5-12(17)8-10)11-6-7-14(18)13(16)9-11/h3-9,15,19H,2H2,1H3. The first-order valence-corrected chi connectivity index (χ1v) is 7.60. The molecule has 0 bridgehead atoms. The van der Waals surface area contributed by atoms with Gasteiger partial charge in [-0.1, -0.05) is 48.3 Å². The van der Waals surface area contributed by atoms with E-state index in [9.17, 15) is 0 Å². The molecule has 0 fully saturated rings. The minimum atomic E-state index is 0.109. The lowest BCUT2D eigenvalue weighted by atomic mass is 9.99. The van der Waals surface area contributed by atoms with Crippen molar-refractivity contribution in [3.8, 4) is 0 Å². The van der Waals surface area contributed by atoms with Gasteiger partial charge in [-0.05, 0) is 57.9 Å². The van der Waals surface area contributed by atoms with Gasteiger partial charge in [0.15, 0.2) is 0 Å². The largest absolute Gasteiger partial charge is 0.307 e. The van der Waals surface area contributed by atoms with Gasteiger partial charge < -0.3 is 5.32 Å². The van der Waals surface area contributed by atoms with E-state index in [0.717, 1.165) is 27.2 Å². The Labute approximate surface area is 132 Å². The van der Waals surface area contributed by atoms with Gasteiger partial charge in [0, 0.05) is 9.50 Å². The van der Waals surface area contributed by atoms with Gasteiger partial charge in [-0.2, -0.15) is 0 Å². The average Bonchev–Trinajstić information content (AvgIpc) is 2.39. The van der Waals surface area contributed by atoms with E-state index in [1.807, 2.05) is 36.4 Å². The third-order valence-electron chi connectivity index (χ3n) is 2.87. The molecule has 1 nitrogen and oxygen atoms in total. The Morgan fingerprint density at radius 2 is 1.84 bits per heavy atom. The van der Waals surface area contributed by atoms with E-state index < -0.39 is 0 Å². The summed E-state index contributed by atoms with van der Waals surface area (Å²) in [5.74, 6) is 0. The summed E-state index contributed by atoms with van der Waals surface area (Å²) in [7, 11) is 0. The Hall–Kier alpha value is -0.540. The molecular formula is C15H14BrCl2N. The fourth-order valence-electron chi connectivity index (χ4n) is 2.01. The molecule has 100 valence electrons. The van der Waals surface area contributed by atoms with E-state index in [1.54, 1.807) is 0 Å². The quantitative estimate of drug-likeness (QED) is 0.765. The van der Waals surface area contributed by atoms with Gasteiger partial charge in [-0.15, -0.1) is 0 Å². The van der Waals surface area contributed by atoms with Crippen LogP contribution in [0.3, 0.4) is 0 Å². The average molecular weight is 359 g/mol. The third kappa shape index (κ3) is 3.73. The van der Waals surface area contributed by atoms with Gasteiger partial charge >= 0.3 is 0 Å². The molecule has 0 saturated heterocycles. The molecule has 2 aromatic carbocycles. The summed E-state index contributed by atoms with van der Waals surface area (Å²) in [6.45, 7) is 2.96. The smallest absolute Gasteiger partial charge is 0.0577 e. The van der Waals surface area contributed by atoms with Crippen molar-refractivity contribution in [2.45, 2.75) is 13.0 Å².